The van der Waals surface area contributed by atoms with Crippen molar-refractivity contribution in [3.63, 3.8) is 0 Å². The van der Waals surface area contributed by atoms with Crippen molar-refractivity contribution in [2.75, 3.05) is 6.16 Å². The van der Waals surface area contributed by atoms with Gasteiger partial charge in [-0.2, -0.15) is 5.10 Å². The van der Waals surface area contributed by atoms with Gasteiger partial charge in [-0.1, -0.05) is 0 Å². The second kappa shape index (κ2) is 4.14. The molecule has 0 saturated heterocycles. The highest BCUT2D eigenvalue weighted by molar-refractivity contribution is 7.16. The maximum absolute atomic E-state index is 6.07. The molecule has 0 fully saturated rings. The molecule has 6 nitrogen and oxygen atoms in total. The van der Waals surface area contributed by atoms with E-state index in [9.17, 15) is 0 Å². The quantitative estimate of drug-likeness (QED) is 0.807. The third kappa shape index (κ3) is 1.76. The third-order valence-corrected chi connectivity index (χ3v) is 4.19. The lowest BCUT2D eigenvalue weighted by molar-refractivity contribution is 0.388. The SMILES string of the molecule is C[C@@](N)(CP)c1nnc(-c2n[nH]c3c2CCC3)o1. The lowest BCUT2D eigenvalue weighted by atomic mass is 10.1. The number of aryl methyl sites for hydroxylation is 1. The molecule has 96 valence electrons. The Kier molecular flexibility index (Phi) is 2.72. The summed E-state index contributed by atoms with van der Waals surface area (Å²) in [6.07, 6.45) is 3.87. The summed E-state index contributed by atoms with van der Waals surface area (Å²) >= 11 is 0. The Morgan fingerprint density at radius 1 is 1.44 bits per heavy atom. The molecule has 1 aliphatic rings. The molecule has 0 aromatic carbocycles. The summed E-state index contributed by atoms with van der Waals surface area (Å²) in [7, 11) is 2.59. The number of rotatable bonds is 3. The fourth-order valence-electron chi connectivity index (χ4n) is 2.13. The Morgan fingerprint density at radius 3 is 3.06 bits per heavy atom. The zero-order valence-corrected chi connectivity index (χ0v) is 11.4. The first-order valence-electron chi connectivity index (χ1n) is 6.01. The third-order valence-electron chi connectivity index (χ3n) is 3.35. The van der Waals surface area contributed by atoms with Crippen LogP contribution in [-0.4, -0.2) is 26.6 Å². The topological polar surface area (TPSA) is 93.6 Å². The molecule has 1 unspecified atom stereocenters. The Labute approximate surface area is 107 Å². The largest absolute Gasteiger partial charge is 0.417 e. The van der Waals surface area contributed by atoms with Gasteiger partial charge in [-0.15, -0.1) is 19.4 Å². The van der Waals surface area contributed by atoms with Crippen molar-refractivity contribution in [2.45, 2.75) is 31.7 Å². The average Bonchev–Trinajstić information content (AvgIpc) is 3.03. The van der Waals surface area contributed by atoms with Gasteiger partial charge in [-0.3, -0.25) is 5.10 Å². The molecule has 2 aromatic rings. The van der Waals surface area contributed by atoms with E-state index in [0.29, 0.717) is 17.9 Å². The number of fused-ring (bicyclic) bond motifs is 1. The van der Waals surface area contributed by atoms with E-state index in [-0.39, 0.29) is 0 Å². The van der Waals surface area contributed by atoms with Crippen molar-refractivity contribution in [2.24, 2.45) is 5.73 Å². The van der Waals surface area contributed by atoms with Crippen molar-refractivity contribution >= 4 is 9.24 Å². The highest BCUT2D eigenvalue weighted by atomic mass is 31.0. The summed E-state index contributed by atoms with van der Waals surface area (Å²) in [6, 6.07) is 0. The van der Waals surface area contributed by atoms with Gasteiger partial charge in [0.1, 0.15) is 0 Å². The zero-order chi connectivity index (χ0) is 12.8. The minimum atomic E-state index is -0.616. The molecule has 2 heterocycles. The van der Waals surface area contributed by atoms with Gasteiger partial charge in [0.2, 0.25) is 5.89 Å². The Hall–Kier alpha value is -1.26. The molecule has 0 spiro atoms. The van der Waals surface area contributed by atoms with E-state index in [2.05, 4.69) is 29.6 Å². The van der Waals surface area contributed by atoms with Gasteiger partial charge in [-0.25, -0.2) is 0 Å². The van der Waals surface area contributed by atoms with Crippen LogP contribution in [0.3, 0.4) is 0 Å². The van der Waals surface area contributed by atoms with Gasteiger partial charge in [0.25, 0.3) is 5.89 Å². The molecule has 0 amide bonds. The van der Waals surface area contributed by atoms with Crippen LogP contribution >= 0.6 is 9.24 Å². The van der Waals surface area contributed by atoms with Crippen molar-refractivity contribution in [1.82, 2.24) is 20.4 Å². The van der Waals surface area contributed by atoms with E-state index in [1.54, 1.807) is 0 Å². The molecule has 2 atom stereocenters. The number of aromatic amines is 1. The number of nitrogens with one attached hydrogen (secondary N) is 1. The van der Waals surface area contributed by atoms with Crippen LogP contribution in [0.5, 0.6) is 0 Å². The summed E-state index contributed by atoms with van der Waals surface area (Å²) in [6.45, 7) is 1.87. The van der Waals surface area contributed by atoms with Gasteiger partial charge in [0, 0.05) is 11.3 Å². The van der Waals surface area contributed by atoms with Gasteiger partial charge < -0.3 is 10.2 Å². The molecule has 3 N–H and O–H groups in total. The summed E-state index contributed by atoms with van der Waals surface area (Å²) in [5.41, 5.74) is 8.62. The zero-order valence-electron chi connectivity index (χ0n) is 10.2. The van der Waals surface area contributed by atoms with Crippen LogP contribution in [0, 0.1) is 0 Å². The van der Waals surface area contributed by atoms with Crippen LogP contribution in [0.4, 0.5) is 0 Å². The maximum atomic E-state index is 6.07. The van der Waals surface area contributed by atoms with Crippen molar-refractivity contribution < 1.29 is 4.42 Å². The van der Waals surface area contributed by atoms with Crippen molar-refractivity contribution in [1.29, 1.82) is 0 Å². The minimum absolute atomic E-state index is 0.447. The van der Waals surface area contributed by atoms with Crippen molar-refractivity contribution in [3.8, 4) is 11.6 Å². The van der Waals surface area contributed by atoms with Crippen LogP contribution in [0.1, 0.15) is 30.5 Å². The van der Waals surface area contributed by atoms with Crippen molar-refractivity contribution in [3.05, 3.63) is 17.1 Å². The fourth-order valence-corrected chi connectivity index (χ4v) is 2.31. The molecule has 0 saturated carbocycles. The smallest absolute Gasteiger partial charge is 0.268 e. The van der Waals surface area contributed by atoms with Gasteiger partial charge in [-0.05, 0) is 32.3 Å². The van der Waals surface area contributed by atoms with E-state index in [1.165, 1.54) is 11.3 Å². The highest BCUT2D eigenvalue weighted by Gasteiger charge is 2.28. The van der Waals surface area contributed by atoms with E-state index in [1.807, 2.05) is 6.92 Å². The Bertz CT molecular complexity index is 574. The predicted octanol–water partition coefficient (Wildman–Crippen LogP) is 0.997. The second-order valence-corrected chi connectivity index (χ2v) is 5.33. The number of nitrogens with two attached hydrogens (primary N) is 1. The fraction of sp³-hybridized carbons (Fsp3) is 0.545. The van der Waals surface area contributed by atoms with Gasteiger partial charge in [0.15, 0.2) is 5.69 Å². The van der Waals surface area contributed by atoms with Crippen LogP contribution in [-0.2, 0) is 18.4 Å². The Balaban J connectivity index is 1.98. The number of hydrogen-bond donors (Lipinski definition) is 2. The number of aromatic nitrogens is 4. The van der Waals surface area contributed by atoms with Crippen LogP contribution in [0.25, 0.3) is 11.6 Å². The first-order chi connectivity index (χ1) is 8.62. The Morgan fingerprint density at radius 2 is 2.28 bits per heavy atom. The monoisotopic (exact) mass is 265 g/mol. The molecule has 7 heteroatoms. The number of H-pyrrole nitrogens is 1. The van der Waals surface area contributed by atoms with E-state index < -0.39 is 5.54 Å². The lowest BCUT2D eigenvalue weighted by Crippen LogP contribution is -2.35. The van der Waals surface area contributed by atoms with E-state index in [0.717, 1.165) is 25.0 Å². The second-order valence-electron chi connectivity index (χ2n) is 4.92. The number of hydrogen-bond acceptors (Lipinski definition) is 5. The van der Waals surface area contributed by atoms with E-state index in [4.69, 9.17) is 10.2 Å². The maximum Gasteiger partial charge on any atom is 0.268 e. The normalized spacial score (nSPS) is 17.7. The molecule has 0 radical (unpaired) electrons. The van der Waals surface area contributed by atoms with Gasteiger partial charge in [0.05, 0.1) is 5.54 Å². The predicted molar refractivity (Wildman–Crippen MR) is 70.0 cm³/mol. The van der Waals surface area contributed by atoms with Crippen LogP contribution < -0.4 is 5.73 Å². The standard InChI is InChI=1S/C11H16N5OP/c1-11(12,5-18)10-16-15-9(17-10)8-6-3-2-4-7(6)13-14-8/h2-5,12,18H2,1H3,(H,13,14)/t11-/m1/s1. The lowest BCUT2D eigenvalue weighted by Gasteiger charge is -2.16. The van der Waals surface area contributed by atoms with E-state index >= 15 is 0 Å². The average molecular weight is 265 g/mol. The molecule has 0 aliphatic heterocycles. The molecular weight excluding hydrogens is 249 g/mol. The minimum Gasteiger partial charge on any atom is -0.417 e. The number of nitrogens with zero attached hydrogens (tertiary/aromatic N) is 3. The molecule has 2 aromatic heterocycles. The molecule has 18 heavy (non-hydrogen) atoms. The van der Waals surface area contributed by atoms with Gasteiger partial charge >= 0.3 is 0 Å². The first-order valence-corrected chi connectivity index (χ1v) is 6.83. The molecule has 0 bridgehead atoms. The van der Waals surface area contributed by atoms with Crippen LogP contribution in [0.2, 0.25) is 0 Å². The molecule has 1 aliphatic carbocycles. The highest BCUT2D eigenvalue weighted by Crippen LogP contribution is 2.30. The molecular formula is C11H16N5OP. The van der Waals surface area contributed by atoms with Crippen LogP contribution in [0.15, 0.2) is 4.42 Å². The summed E-state index contributed by atoms with van der Waals surface area (Å²) in [4.78, 5) is 0. The summed E-state index contributed by atoms with van der Waals surface area (Å²) < 4.78 is 5.67. The first kappa shape index (κ1) is 11.8. The summed E-state index contributed by atoms with van der Waals surface area (Å²) in [5.74, 6) is 0.904. The summed E-state index contributed by atoms with van der Waals surface area (Å²) in [5, 5.41) is 15.4. The molecule has 3 rings (SSSR count).